The highest BCUT2D eigenvalue weighted by Crippen LogP contribution is 2.35. The Morgan fingerprint density at radius 2 is 2.18 bits per heavy atom. The Labute approximate surface area is 104 Å². The number of carbonyl (C=O) groups excluding carboxylic acids is 1. The van der Waals surface area contributed by atoms with E-state index in [2.05, 4.69) is 12.2 Å². The molecule has 98 valence electrons. The van der Waals surface area contributed by atoms with Crippen LogP contribution in [0.25, 0.3) is 0 Å². The second-order valence-corrected chi connectivity index (χ2v) is 5.72. The monoisotopic (exact) mass is 239 g/mol. The summed E-state index contributed by atoms with van der Waals surface area (Å²) in [7, 11) is 0. The zero-order valence-electron chi connectivity index (χ0n) is 10.8. The van der Waals surface area contributed by atoms with E-state index in [9.17, 15) is 9.90 Å². The molecule has 0 aromatic rings. The van der Waals surface area contributed by atoms with Gasteiger partial charge in [-0.3, -0.25) is 4.79 Å². The van der Waals surface area contributed by atoms with Crippen LogP contribution in [0.4, 0.5) is 0 Å². The lowest BCUT2D eigenvalue weighted by Crippen LogP contribution is -2.56. The number of fused-ring (bicyclic) bond motifs is 1. The number of aliphatic hydroxyl groups is 1. The number of amides is 1. The maximum atomic E-state index is 12.0. The highest BCUT2D eigenvalue weighted by molar-refractivity contribution is 5.80. The molecule has 1 saturated heterocycles. The van der Waals surface area contributed by atoms with Gasteiger partial charge < -0.3 is 10.4 Å². The number of piperidine rings is 1. The first-order chi connectivity index (χ1) is 8.22. The zero-order valence-corrected chi connectivity index (χ0v) is 10.8. The summed E-state index contributed by atoms with van der Waals surface area (Å²) in [5, 5.41) is 13.0. The standard InChI is InChI=1S/C14H25NO2/c1-2-3-4-6-11-9-10-7-5-8-12(16)13(10)15-14(11)17/h10-13,16H,2-9H2,1H3,(H,15,17). The van der Waals surface area contributed by atoms with Crippen molar-refractivity contribution in [1.82, 2.24) is 5.32 Å². The molecule has 3 heteroatoms. The molecule has 4 unspecified atom stereocenters. The average Bonchev–Trinajstić information content (AvgIpc) is 2.31. The minimum absolute atomic E-state index is 0.0404. The van der Waals surface area contributed by atoms with Gasteiger partial charge in [0.25, 0.3) is 0 Å². The van der Waals surface area contributed by atoms with Crippen molar-refractivity contribution in [2.24, 2.45) is 11.8 Å². The highest BCUT2D eigenvalue weighted by atomic mass is 16.3. The summed E-state index contributed by atoms with van der Waals surface area (Å²) < 4.78 is 0. The second-order valence-electron chi connectivity index (χ2n) is 5.72. The summed E-state index contributed by atoms with van der Waals surface area (Å²) in [5.41, 5.74) is 0. The Hall–Kier alpha value is -0.570. The number of rotatable bonds is 4. The molecule has 0 aromatic heterocycles. The molecule has 1 aliphatic heterocycles. The van der Waals surface area contributed by atoms with E-state index in [0.29, 0.717) is 5.92 Å². The Morgan fingerprint density at radius 3 is 2.94 bits per heavy atom. The van der Waals surface area contributed by atoms with Crippen LogP contribution in [0.1, 0.15) is 58.3 Å². The molecule has 4 atom stereocenters. The van der Waals surface area contributed by atoms with E-state index in [1.54, 1.807) is 0 Å². The lowest BCUT2D eigenvalue weighted by molar-refractivity contribution is -0.132. The van der Waals surface area contributed by atoms with Crippen LogP contribution in [-0.4, -0.2) is 23.2 Å². The van der Waals surface area contributed by atoms with Crippen LogP contribution < -0.4 is 5.32 Å². The first kappa shape index (κ1) is 12.9. The molecule has 2 rings (SSSR count). The number of nitrogens with one attached hydrogen (secondary N) is 1. The van der Waals surface area contributed by atoms with E-state index in [1.165, 1.54) is 19.3 Å². The summed E-state index contributed by atoms with van der Waals surface area (Å²) in [6, 6.07) is 0.0404. The molecule has 3 nitrogen and oxygen atoms in total. The van der Waals surface area contributed by atoms with Crippen molar-refractivity contribution in [3.8, 4) is 0 Å². The summed E-state index contributed by atoms with van der Waals surface area (Å²) >= 11 is 0. The largest absolute Gasteiger partial charge is 0.391 e. The molecular weight excluding hydrogens is 214 g/mol. The molecule has 1 heterocycles. The van der Waals surface area contributed by atoms with Crippen LogP contribution in [0.2, 0.25) is 0 Å². The van der Waals surface area contributed by atoms with Gasteiger partial charge in [-0.1, -0.05) is 32.6 Å². The first-order valence-corrected chi connectivity index (χ1v) is 7.20. The quantitative estimate of drug-likeness (QED) is 0.739. The third kappa shape index (κ3) is 3.01. The molecule has 0 radical (unpaired) electrons. The van der Waals surface area contributed by atoms with Gasteiger partial charge in [0.1, 0.15) is 0 Å². The van der Waals surface area contributed by atoms with E-state index in [4.69, 9.17) is 0 Å². The van der Waals surface area contributed by atoms with E-state index < -0.39 is 0 Å². The van der Waals surface area contributed by atoms with Gasteiger partial charge in [0, 0.05) is 5.92 Å². The van der Waals surface area contributed by atoms with Gasteiger partial charge in [-0.25, -0.2) is 0 Å². The van der Waals surface area contributed by atoms with Crippen molar-refractivity contribution in [1.29, 1.82) is 0 Å². The van der Waals surface area contributed by atoms with E-state index in [-0.39, 0.29) is 24.0 Å². The average molecular weight is 239 g/mol. The predicted molar refractivity (Wildman–Crippen MR) is 67.5 cm³/mol. The topological polar surface area (TPSA) is 49.3 Å². The van der Waals surface area contributed by atoms with Crippen molar-refractivity contribution in [2.45, 2.75) is 70.4 Å². The Kier molecular flexibility index (Phi) is 4.43. The normalized spacial score (nSPS) is 37.4. The number of hydrogen-bond donors (Lipinski definition) is 2. The lowest BCUT2D eigenvalue weighted by atomic mass is 9.73. The number of hydrogen-bond acceptors (Lipinski definition) is 2. The van der Waals surface area contributed by atoms with Crippen LogP contribution in [0.5, 0.6) is 0 Å². The molecule has 2 aliphatic rings. The molecule has 2 N–H and O–H groups in total. The molecule has 1 amide bonds. The SMILES string of the molecule is CCCCCC1CC2CCCC(O)C2NC1=O. The third-order valence-corrected chi connectivity index (χ3v) is 4.42. The molecule has 1 saturated carbocycles. The second kappa shape index (κ2) is 5.85. The molecule has 17 heavy (non-hydrogen) atoms. The fourth-order valence-corrected chi connectivity index (χ4v) is 3.39. The van der Waals surface area contributed by atoms with Gasteiger partial charge in [0.2, 0.25) is 5.91 Å². The minimum atomic E-state index is -0.311. The molecule has 1 aliphatic carbocycles. The van der Waals surface area contributed by atoms with Crippen molar-refractivity contribution >= 4 is 5.91 Å². The van der Waals surface area contributed by atoms with Crippen LogP contribution >= 0.6 is 0 Å². The molecule has 2 fully saturated rings. The van der Waals surface area contributed by atoms with Gasteiger partial charge in [-0.05, 0) is 31.6 Å². The van der Waals surface area contributed by atoms with E-state index in [0.717, 1.165) is 32.1 Å². The van der Waals surface area contributed by atoms with Gasteiger partial charge in [-0.2, -0.15) is 0 Å². The summed E-state index contributed by atoms with van der Waals surface area (Å²) in [4.78, 5) is 12.0. The van der Waals surface area contributed by atoms with E-state index in [1.807, 2.05) is 0 Å². The van der Waals surface area contributed by atoms with Crippen molar-refractivity contribution in [2.75, 3.05) is 0 Å². The van der Waals surface area contributed by atoms with Crippen LogP contribution in [0.15, 0.2) is 0 Å². The smallest absolute Gasteiger partial charge is 0.223 e. The van der Waals surface area contributed by atoms with Gasteiger partial charge in [-0.15, -0.1) is 0 Å². The maximum absolute atomic E-state index is 12.0. The van der Waals surface area contributed by atoms with E-state index >= 15 is 0 Å². The van der Waals surface area contributed by atoms with Crippen LogP contribution in [0.3, 0.4) is 0 Å². The van der Waals surface area contributed by atoms with Crippen molar-refractivity contribution < 1.29 is 9.90 Å². The van der Waals surface area contributed by atoms with Gasteiger partial charge >= 0.3 is 0 Å². The van der Waals surface area contributed by atoms with Crippen molar-refractivity contribution in [3.05, 3.63) is 0 Å². The maximum Gasteiger partial charge on any atom is 0.223 e. The van der Waals surface area contributed by atoms with Gasteiger partial charge in [0.15, 0.2) is 0 Å². The van der Waals surface area contributed by atoms with Crippen molar-refractivity contribution in [3.63, 3.8) is 0 Å². The summed E-state index contributed by atoms with van der Waals surface area (Å²) in [5.74, 6) is 0.902. The molecule has 0 bridgehead atoms. The molecular formula is C14H25NO2. The molecule has 0 aromatic carbocycles. The third-order valence-electron chi connectivity index (χ3n) is 4.42. The summed E-state index contributed by atoms with van der Waals surface area (Å²) in [6.07, 6.45) is 8.44. The predicted octanol–water partition coefficient (Wildman–Crippen LogP) is 2.23. The fourth-order valence-electron chi connectivity index (χ4n) is 3.39. The fraction of sp³-hybridized carbons (Fsp3) is 0.929. The zero-order chi connectivity index (χ0) is 12.3. The number of unbranched alkanes of at least 4 members (excludes halogenated alkanes) is 2. The Morgan fingerprint density at radius 1 is 1.35 bits per heavy atom. The van der Waals surface area contributed by atoms with Crippen LogP contribution in [-0.2, 0) is 4.79 Å². The molecule has 0 spiro atoms. The highest BCUT2D eigenvalue weighted by Gasteiger charge is 2.40. The first-order valence-electron chi connectivity index (χ1n) is 7.20. The minimum Gasteiger partial charge on any atom is -0.391 e. The summed E-state index contributed by atoms with van der Waals surface area (Å²) in [6.45, 7) is 2.19. The number of carbonyl (C=O) groups is 1. The van der Waals surface area contributed by atoms with Crippen LogP contribution in [0, 0.1) is 11.8 Å². The lowest BCUT2D eigenvalue weighted by Gasteiger charge is -2.42. The Bertz CT molecular complexity index is 267. The number of aliphatic hydroxyl groups excluding tert-OH is 1. The van der Waals surface area contributed by atoms with Gasteiger partial charge in [0.05, 0.1) is 12.1 Å². The Balaban J connectivity index is 1.88.